The van der Waals surface area contributed by atoms with E-state index in [9.17, 15) is 0 Å². The quantitative estimate of drug-likeness (QED) is 0.392. The maximum absolute atomic E-state index is 5.99. The number of fused-ring (bicyclic) bond motifs is 6. The first-order valence-corrected chi connectivity index (χ1v) is 6.83. The molecule has 2 radical (unpaired) electrons. The molecule has 0 aliphatic carbocycles. The van der Waals surface area contributed by atoms with Crippen molar-refractivity contribution >= 4 is 57.2 Å². The van der Waals surface area contributed by atoms with E-state index in [1.54, 1.807) is 0 Å². The zero-order valence-electron chi connectivity index (χ0n) is 11.1. The van der Waals surface area contributed by atoms with E-state index in [0.29, 0.717) is 5.46 Å². The van der Waals surface area contributed by atoms with Crippen LogP contribution in [-0.4, -0.2) is 7.85 Å². The number of hydrogen-bond donors (Lipinski definition) is 0. The van der Waals surface area contributed by atoms with Crippen molar-refractivity contribution in [2.24, 2.45) is 0 Å². The van der Waals surface area contributed by atoms with Gasteiger partial charge in [-0.2, -0.15) is 0 Å². The maximum Gasteiger partial charge on any atom is 0.136 e. The summed E-state index contributed by atoms with van der Waals surface area (Å²) < 4.78 is 11.9. The highest BCUT2D eigenvalue weighted by atomic mass is 16.3. The Hall–Kier alpha value is -2.68. The summed E-state index contributed by atoms with van der Waals surface area (Å²) in [7, 11) is 5.99. The number of furan rings is 2. The van der Waals surface area contributed by atoms with Gasteiger partial charge in [-0.15, -0.1) is 0 Å². The third kappa shape index (κ3) is 1.38. The second kappa shape index (κ2) is 3.70. The lowest BCUT2D eigenvalue weighted by atomic mass is 9.94. The second-order valence-electron chi connectivity index (χ2n) is 5.27. The number of benzene rings is 3. The van der Waals surface area contributed by atoms with Crippen molar-refractivity contribution in [1.29, 1.82) is 0 Å². The van der Waals surface area contributed by atoms with Crippen molar-refractivity contribution in [2.45, 2.75) is 0 Å². The summed E-state index contributed by atoms with van der Waals surface area (Å²) >= 11 is 0. The molecule has 2 nitrogen and oxygen atoms in total. The number of para-hydroxylation sites is 2. The van der Waals surface area contributed by atoms with Crippen LogP contribution < -0.4 is 5.46 Å². The molecule has 0 aliphatic heterocycles. The summed E-state index contributed by atoms with van der Waals surface area (Å²) in [4.78, 5) is 0. The normalized spacial score (nSPS) is 12.0. The van der Waals surface area contributed by atoms with Crippen LogP contribution in [0.4, 0.5) is 0 Å². The molecule has 96 valence electrons. The van der Waals surface area contributed by atoms with E-state index in [2.05, 4.69) is 6.07 Å². The van der Waals surface area contributed by atoms with Gasteiger partial charge in [0.05, 0.1) is 0 Å². The highest BCUT2D eigenvalue weighted by Crippen LogP contribution is 2.35. The summed E-state index contributed by atoms with van der Waals surface area (Å²) in [6.07, 6.45) is 0. The van der Waals surface area contributed by atoms with Crippen LogP contribution in [0.2, 0.25) is 0 Å². The molecule has 0 atom stereocenters. The van der Waals surface area contributed by atoms with Crippen LogP contribution >= 0.6 is 0 Å². The van der Waals surface area contributed by atoms with Gasteiger partial charge in [-0.25, -0.2) is 0 Å². The molecule has 2 aromatic heterocycles. The second-order valence-corrected chi connectivity index (χ2v) is 5.27. The fourth-order valence-corrected chi connectivity index (χ4v) is 3.04. The SMILES string of the molecule is [B]c1cccc2c1oc1cc3c(cc12)oc1ccccc13. The smallest absolute Gasteiger partial charge is 0.136 e. The molecule has 0 saturated carbocycles. The van der Waals surface area contributed by atoms with Crippen LogP contribution in [0, 0.1) is 0 Å². The van der Waals surface area contributed by atoms with Crippen molar-refractivity contribution in [2.75, 3.05) is 0 Å². The van der Waals surface area contributed by atoms with E-state index >= 15 is 0 Å². The largest absolute Gasteiger partial charge is 0.457 e. The van der Waals surface area contributed by atoms with Gasteiger partial charge in [0.15, 0.2) is 0 Å². The van der Waals surface area contributed by atoms with Gasteiger partial charge in [0.2, 0.25) is 0 Å². The highest BCUT2D eigenvalue weighted by Gasteiger charge is 2.13. The molecule has 0 spiro atoms. The molecule has 5 rings (SSSR count). The van der Waals surface area contributed by atoms with Crippen molar-refractivity contribution in [3.05, 3.63) is 54.6 Å². The Morgan fingerprint density at radius 3 is 2.24 bits per heavy atom. The molecule has 3 aromatic carbocycles. The Morgan fingerprint density at radius 1 is 0.619 bits per heavy atom. The zero-order chi connectivity index (χ0) is 14.0. The molecule has 21 heavy (non-hydrogen) atoms. The van der Waals surface area contributed by atoms with Gasteiger partial charge in [0, 0.05) is 21.5 Å². The van der Waals surface area contributed by atoms with Crippen LogP contribution in [0.15, 0.2) is 63.4 Å². The van der Waals surface area contributed by atoms with Gasteiger partial charge in [-0.05, 0) is 18.2 Å². The third-order valence-corrected chi connectivity index (χ3v) is 4.03. The van der Waals surface area contributed by atoms with E-state index in [0.717, 1.165) is 43.9 Å². The first kappa shape index (κ1) is 11.0. The fourth-order valence-electron chi connectivity index (χ4n) is 3.04. The molecule has 0 N–H and O–H groups in total. The Kier molecular flexibility index (Phi) is 1.94. The zero-order valence-corrected chi connectivity index (χ0v) is 11.1. The van der Waals surface area contributed by atoms with Crippen LogP contribution in [0.3, 0.4) is 0 Å². The molecule has 0 amide bonds. The van der Waals surface area contributed by atoms with Gasteiger partial charge in [-0.1, -0.05) is 41.9 Å². The Morgan fingerprint density at radius 2 is 1.33 bits per heavy atom. The lowest BCUT2D eigenvalue weighted by Crippen LogP contribution is -2.00. The van der Waals surface area contributed by atoms with Crippen molar-refractivity contribution in [3.8, 4) is 0 Å². The molecule has 0 bridgehead atoms. The minimum atomic E-state index is 0.658. The Bertz CT molecular complexity index is 1150. The topological polar surface area (TPSA) is 26.3 Å². The van der Waals surface area contributed by atoms with Crippen LogP contribution in [0.25, 0.3) is 43.9 Å². The summed E-state index contributed by atoms with van der Waals surface area (Å²) in [5, 5.41) is 4.22. The van der Waals surface area contributed by atoms with Crippen LogP contribution in [0.5, 0.6) is 0 Å². The van der Waals surface area contributed by atoms with E-state index in [1.165, 1.54) is 0 Å². The minimum absolute atomic E-state index is 0.658. The summed E-state index contributed by atoms with van der Waals surface area (Å²) in [6, 6.07) is 17.9. The molecule has 0 fully saturated rings. The van der Waals surface area contributed by atoms with Crippen LogP contribution in [-0.2, 0) is 0 Å². The molecular formula is C18H9BO2. The molecule has 3 heteroatoms. The van der Waals surface area contributed by atoms with Gasteiger partial charge in [-0.3, -0.25) is 0 Å². The predicted octanol–water partition coefficient (Wildman–Crippen LogP) is 4.28. The molecule has 5 aromatic rings. The molecule has 2 heterocycles. The lowest BCUT2D eigenvalue weighted by Gasteiger charge is -1.92. The summed E-state index contributed by atoms with van der Waals surface area (Å²) in [6.45, 7) is 0. The van der Waals surface area contributed by atoms with E-state index in [4.69, 9.17) is 16.7 Å². The lowest BCUT2D eigenvalue weighted by molar-refractivity contribution is 0.665. The van der Waals surface area contributed by atoms with Gasteiger partial charge in [0.1, 0.15) is 30.2 Å². The minimum Gasteiger partial charge on any atom is -0.457 e. The summed E-state index contributed by atoms with van der Waals surface area (Å²) in [5.41, 5.74) is 3.99. The van der Waals surface area contributed by atoms with E-state index in [-0.39, 0.29) is 0 Å². The highest BCUT2D eigenvalue weighted by molar-refractivity contribution is 6.39. The van der Waals surface area contributed by atoms with Gasteiger partial charge < -0.3 is 8.83 Å². The number of rotatable bonds is 0. The first-order chi connectivity index (χ1) is 10.3. The van der Waals surface area contributed by atoms with Crippen molar-refractivity contribution < 1.29 is 8.83 Å². The van der Waals surface area contributed by atoms with Gasteiger partial charge >= 0.3 is 0 Å². The number of hydrogen-bond acceptors (Lipinski definition) is 2. The molecular weight excluding hydrogens is 259 g/mol. The van der Waals surface area contributed by atoms with Crippen LogP contribution in [0.1, 0.15) is 0 Å². The predicted molar refractivity (Wildman–Crippen MR) is 86.4 cm³/mol. The van der Waals surface area contributed by atoms with Gasteiger partial charge in [0.25, 0.3) is 0 Å². The van der Waals surface area contributed by atoms with E-state index < -0.39 is 0 Å². The summed E-state index contributed by atoms with van der Waals surface area (Å²) in [5.74, 6) is 0. The fraction of sp³-hybridized carbons (Fsp3) is 0. The van der Waals surface area contributed by atoms with E-state index in [1.807, 2.05) is 48.5 Å². The molecule has 0 aliphatic rings. The molecule has 0 unspecified atom stereocenters. The van der Waals surface area contributed by atoms with Crippen molar-refractivity contribution in [3.63, 3.8) is 0 Å². The third-order valence-electron chi connectivity index (χ3n) is 4.03. The Balaban J connectivity index is 2.03. The monoisotopic (exact) mass is 268 g/mol. The average molecular weight is 268 g/mol. The maximum atomic E-state index is 5.99. The molecule has 0 saturated heterocycles. The average Bonchev–Trinajstić information content (AvgIpc) is 3.04. The van der Waals surface area contributed by atoms with Crippen molar-refractivity contribution in [1.82, 2.24) is 0 Å². The standard InChI is InChI=1S/C18H9BO2/c19-14-6-3-5-11-13-9-16-12(8-17(13)21-18(11)14)10-4-1-2-7-15(10)20-16/h1-9H. The first-order valence-electron chi connectivity index (χ1n) is 6.83. The Labute approximate surface area is 121 Å².